The summed E-state index contributed by atoms with van der Waals surface area (Å²) in [5.74, 6) is 1.26. The normalized spacial score (nSPS) is 21.5. The molecule has 2 rings (SSSR count). The average Bonchev–Trinajstić information content (AvgIpc) is 2.25. The van der Waals surface area contributed by atoms with Gasteiger partial charge in [-0.05, 0) is 40.6 Å². The largest absolute Gasteiger partial charge is 0.278 e. The summed E-state index contributed by atoms with van der Waals surface area (Å²) in [7, 11) is 0. The lowest BCUT2D eigenvalue weighted by atomic mass is 10.1. The molecule has 1 aromatic rings. The molecule has 1 unspecified atom stereocenters. The van der Waals surface area contributed by atoms with E-state index in [1.807, 2.05) is 17.8 Å². The van der Waals surface area contributed by atoms with Crippen molar-refractivity contribution in [2.24, 2.45) is 0 Å². The Morgan fingerprint density at radius 1 is 1.60 bits per heavy atom. The Kier molecular flexibility index (Phi) is 3.86. The molecular weight excluding hydrogens is 276 g/mol. The van der Waals surface area contributed by atoms with Crippen molar-refractivity contribution in [1.82, 2.24) is 10.2 Å². The van der Waals surface area contributed by atoms with E-state index in [9.17, 15) is 4.79 Å². The van der Waals surface area contributed by atoms with Crippen molar-refractivity contribution in [3.05, 3.63) is 26.6 Å². The Bertz CT molecular complexity index is 387. The van der Waals surface area contributed by atoms with Crippen LogP contribution in [0.1, 0.15) is 25.0 Å². The molecule has 1 aromatic heterocycles. The Morgan fingerprint density at radius 3 is 3.13 bits per heavy atom. The monoisotopic (exact) mass is 288 g/mol. The minimum absolute atomic E-state index is 0.157. The van der Waals surface area contributed by atoms with Crippen LogP contribution >= 0.6 is 27.7 Å². The summed E-state index contributed by atoms with van der Waals surface area (Å²) in [5, 5.41) is 7.22. The zero-order valence-corrected chi connectivity index (χ0v) is 10.7. The topological polar surface area (TPSA) is 45.8 Å². The van der Waals surface area contributed by atoms with E-state index < -0.39 is 0 Å². The van der Waals surface area contributed by atoms with E-state index in [4.69, 9.17) is 0 Å². The number of rotatable bonds is 2. The highest BCUT2D eigenvalue weighted by Gasteiger charge is 2.15. The number of aromatic amines is 1. The molecule has 0 spiro atoms. The van der Waals surface area contributed by atoms with Crippen LogP contribution in [0.3, 0.4) is 0 Å². The second-order valence-corrected chi connectivity index (χ2v) is 5.99. The third-order valence-electron chi connectivity index (χ3n) is 2.52. The molecule has 1 atom stereocenters. The van der Waals surface area contributed by atoms with Crippen LogP contribution in [0.4, 0.5) is 0 Å². The van der Waals surface area contributed by atoms with E-state index in [-0.39, 0.29) is 5.56 Å². The molecule has 3 nitrogen and oxygen atoms in total. The van der Waals surface area contributed by atoms with E-state index >= 15 is 0 Å². The number of nitrogens with one attached hydrogen (secondary N) is 1. The van der Waals surface area contributed by atoms with Gasteiger partial charge < -0.3 is 0 Å². The molecule has 0 aliphatic carbocycles. The Balaban J connectivity index is 2.03. The van der Waals surface area contributed by atoms with Crippen molar-refractivity contribution < 1.29 is 0 Å². The van der Waals surface area contributed by atoms with E-state index in [1.54, 1.807) is 0 Å². The van der Waals surface area contributed by atoms with E-state index in [0.29, 0.717) is 9.72 Å². The van der Waals surface area contributed by atoms with Gasteiger partial charge in [-0.2, -0.15) is 16.9 Å². The highest BCUT2D eigenvalue weighted by atomic mass is 79.9. The minimum Gasteiger partial charge on any atom is -0.267 e. The zero-order valence-electron chi connectivity index (χ0n) is 8.33. The van der Waals surface area contributed by atoms with E-state index in [0.717, 1.165) is 12.1 Å². The number of hydrogen-bond donors (Lipinski definition) is 1. The predicted molar refractivity (Wildman–Crippen MR) is 66.4 cm³/mol. The van der Waals surface area contributed by atoms with Crippen LogP contribution in [0, 0.1) is 0 Å². The first kappa shape index (κ1) is 11.2. The average molecular weight is 289 g/mol. The number of hydrogen-bond acceptors (Lipinski definition) is 3. The highest BCUT2D eigenvalue weighted by molar-refractivity contribution is 9.10. The number of aromatic nitrogens is 2. The Labute approximate surface area is 101 Å². The molecule has 0 radical (unpaired) electrons. The van der Waals surface area contributed by atoms with Gasteiger partial charge in [0.2, 0.25) is 0 Å². The van der Waals surface area contributed by atoms with Crippen LogP contribution in [-0.2, 0) is 6.42 Å². The first-order valence-electron chi connectivity index (χ1n) is 5.11. The van der Waals surface area contributed by atoms with Crippen molar-refractivity contribution in [2.75, 3.05) is 5.75 Å². The standard InChI is InChI=1S/C10H13BrN2OS/c11-9-6-7(12-13-10(9)14)5-8-3-1-2-4-15-8/h6,8H,1-5H2,(H,13,14). The summed E-state index contributed by atoms with van der Waals surface area (Å²) in [6.07, 6.45) is 4.88. The maximum absolute atomic E-state index is 11.1. The van der Waals surface area contributed by atoms with E-state index in [2.05, 4.69) is 26.1 Å². The summed E-state index contributed by atoms with van der Waals surface area (Å²) >= 11 is 5.24. The fourth-order valence-electron chi connectivity index (χ4n) is 1.73. The van der Waals surface area contributed by atoms with Crippen molar-refractivity contribution in [3.8, 4) is 0 Å². The van der Waals surface area contributed by atoms with Crippen LogP contribution < -0.4 is 5.56 Å². The summed E-state index contributed by atoms with van der Waals surface area (Å²) in [6, 6.07) is 1.83. The van der Waals surface area contributed by atoms with Gasteiger partial charge in [0.1, 0.15) is 0 Å². The third-order valence-corrected chi connectivity index (χ3v) is 4.51. The smallest absolute Gasteiger partial charge is 0.267 e. The van der Waals surface area contributed by atoms with Crippen molar-refractivity contribution in [1.29, 1.82) is 0 Å². The van der Waals surface area contributed by atoms with Crippen LogP contribution in [-0.4, -0.2) is 21.2 Å². The predicted octanol–water partition coefficient (Wildman–Crippen LogP) is 2.36. The number of thioether (sulfide) groups is 1. The van der Waals surface area contributed by atoms with Crippen LogP contribution in [0.2, 0.25) is 0 Å². The second kappa shape index (κ2) is 5.16. The number of nitrogens with zero attached hydrogens (tertiary/aromatic N) is 1. The molecule has 2 heterocycles. The van der Waals surface area contributed by atoms with E-state index in [1.165, 1.54) is 25.0 Å². The third kappa shape index (κ3) is 3.08. The maximum Gasteiger partial charge on any atom is 0.278 e. The molecule has 0 amide bonds. The minimum atomic E-state index is -0.157. The van der Waals surface area contributed by atoms with Crippen LogP contribution in [0.25, 0.3) is 0 Å². The molecule has 1 N–H and O–H groups in total. The number of H-pyrrole nitrogens is 1. The van der Waals surface area contributed by atoms with Crippen LogP contribution in [0.5, 0.6) is 0 Å². The summed E-state index contributed by atoms with van der Waals surface area (Å²) in [5.41, 5.74) is 0.816. The maximum atomic E-state index is 11.1. The second-order valence-electron chi connectivity index (χ2n) is 3.73. The fourth-order valence-corrected chi connectivity index (χ4v) is 3.41. The molecule has 1 aliphatic rings. The van der Waals surface area contributed by atoms with Gasteiger partial charge in [-0.15, -0.1) is 0 Å². The molecule has 5 heteroatoms. The lowest BCUT2D eigenvalue weighted by Gasteiger charge is -2.20. The molecule has 1 saturated heterocycles. The number of halogens is 1. The summed E-state index contributed by atoms with van der Waals surface area (Å²) in [6.45, 7) is 0. The quantitative estimate of drug-likeness (QED) is 0.909. The lowest BCUT2D eigenvalue weighted by molar-refractivity contribution is 0.650. The van der Waals surface area contributed by atoms with Gasteiger partial charge in [-0.1, -0.05) is 6.42 Å². The molecule has 0 bridgehead atoms. The SMILES string of the molecule is O=c1[nH]nc(CC2CCCCS2)cc1Br. The van der Waals surface area contributed by atoms with Gasteiger partial charge in [0.05, 0.1) is 10.2 Å². The molecular formula is C10H13BrN2OS. The first-order chi connectivity index (χ1) is 7.25. The molecule has 82 valence electrons. The molecule has 1 fully saturated rings. The van der Waals surface area contributed by atoms with Gasteiger partial charge in [-0.25, -0.2) is 5.10 Å². The summed E-state index contributed by atoms with van der Waals surface area (Å²) in [4.78, 5) is 11.1. The molecule has 0 aromatic carbocycles. The molecule has 1 aliphatic heterocycles. The first-order valence-corrected chi connectivity index (χ1v) is 6.95. The van der Waals surface area contributed by atoms with Gasteiger partial charge >= 0.3 is 0 Å². The van der Waals surface area contributed by atoms with Gasteiger partial charge in [0.25, 0.3) is 5.56 Å². The molecule has 0 saturated carbocycles. The van der Waals surface area contributed by atoms with Crippen molar-refractivity contribution in [3.63, 3.8) is 0 Å². The van der Waals surface area contributed by atoms with Gasteiger partial charge in [-0.3, -0.25) is 4.79 Å². The van der Waals surface area contributed by atoms with Gasteiger partial charge in [0, 0.05) is 11.7 Å². The highest BCUT2D eigenvalue weighted by Crippen LogP contribution is 2.27. The Morgan fingerprint density at radius 2 is 2.47 bits per heavy atom. The zero-order chi connectivity index (χ0) is 10.7. The summed E-state index contributed by atoms with van der Waals surface area (Å²) < 4.78 is 0.577. The van der Waals surface area contributed by atoms with Crippen molar-refractivity contribution in [2.45, 2.75) is 30.9 Å². The van der Waals surface area contributed by atoms with Crippen molar-refractivity contribution >= 4 is 27.7 Å². The fraction of sp³-hybridized carbons (Fsp3) is 0.600. The van der Waals surface area contributed by atoms with Crippen LogP contribution in [0.15, 0.2) is 15.3 Å². The lowest BCUT2D eigenvalue weighted by Crippen LogP contribution is -2.16. The molecule has 15 heavy (non-hydrogen) atoms. The van der Waals surface area contributed by atoms with Gasteiger partial charge in [0.15, 0.2) is 0 Å². The Hall–Kier alpha value is -0.290.